The number of rotatable bonds is 5. The largest absolute Gasteiger partial charge is 0.464 e. The minimum atomic E-state index is 0.193. The van der Waals surface area contributed by atoms with Crippen LogP contribution in [-0.2, 0) is 4.74 Å². The summed E-state index contributed by atoms with van der Waals surface area (Å²) in [6.07, 6.45) is 1.82. The lowest BCUT2D eigenvalue weighted by Crippen LogP contribution is -2.24. The van der Waals surface area contributed by atoms with Gasteiger partial charge in [0.25, 0.3) is 0 Å². The third-order valence-corrected chi connectivity index (χ3v) is 2.67. The Hall–Kier alpha value is -1.32. The van der Waals surface area contributed by atoms with Gasteiger partial charge in [-0.2, -0.15) is 0 Å². The third-order valence-electron chi connectivity index (χ3n) is 2.67. The van der Waals surface area contributed by atoms with Crippen LogP contribution in [0.1, 0.15) is 18.5 Å². The molecule has 0 aliphatic rings. The molecule has 1 aromatic carbocycles. The average molecular weight is 219 g/mol. The highest BCUT2D eigenvalue weighted by molar-refractivity contribution is 5.81. The molecule has 0 fully saturated rings. The highest BCUT2D eigenvalue weighted by atomic mass is 16.5. The van der Waals surface area contributed by atoms with Crippen LogP contribution in [-0.4, -0.2) is 20.3 Å². The van der Waals surface area contributed by atoms with Gasteiger partial charge in [0.1, 0.15) is 5.58 Å². The average Bonchev–Trinajstić information content (AvgIpc) is 2.72. The summed E-state index contributed by atoms with van der Waals surface area (Å²) in [5, 5.41) is 4.55. The predicted octanol–water partition coefficient (Wildman–Crippen LogP) is 2.73. The number of furan rings is 1. The van der Waals surface area contributed by atoms with Crippen LogP contribution in [0.3, 0.4) is 0 Å². The van der Waals surface area contributed by atoms with E-state index in [0.717, 1.165) is 17.5 Å². The smallest absolute Gasteiger partial charge is 0.134 e. The van der Waals surface area contributed by atoms with Gasteiger partial charge in [0.05, 0.1) is 18.9 Å². The number of methoxy groups -OCH3 is 1. The van der Waals surface area contributed by atoms with Crippen LogP contribution >= 0.6 is 0 Å². The van der Waals surface area contributed by atoms with Crippen molar-refractivity contribution in [2.45, 2.75) is 13.0 Å². The number of para-hydroxylation sites is 1. The molecular formula is C13H17NO2. The van der Waals surface area contributed by atoms with Crippen LogP contribution in [0.25, 0.3) is 11.0 Å². The lowest BCUT2D eigenvalue weighted by Gasteiger charge is -2.15. The van der Waals surface area contributed by atoms with Gasteiger partial charge < -0.3 is 14.5 Å². The Morgan fingerprint density at radius 2 is 2.19 bits per heavy atom. The van der Waals surface area contributed by atoms with E-state index in [-0.39, 0.29) is 6.04 Å². The number of fused-ring (bicyclic) bond motifs is 1. The van der Waals surface area contributed by atoms with Crippen LogP contribution in [0.5, 0.6) is 0 Å². The summed E-state index contributed by atoms with van der Waals surface area (Å²) in [4.78, 5) is 0. The molecule has 2 rings (SSSR count). The zero-order valence-corrected chi connectivity index (χ0v) is 9.69. The van der Waals surface area contributed by atoms with Crippen molar-refractivity contribution >= 4 is 11.0 Å². The van der Waals surface area contributed by atoms with Gasteiger partial charge in [0.2, 0.25) is 0 Å². The van der Waals surface area contributed by atoms with Crippen molar-refractivity contribution in [2.75, 3.05) is 20.3 Å². The minimum absolute atomic E-state index is 0.193. The summed E-state index contributed by atoms with van der Waals surface area (Å²) in [5.41, 5.74) is 2.09. The molecule has 2 aromatic rings. The highest BCUT2D eigenvalue weighted by Crippen LogP contribution is 2.26. The van der Waals surface area contributed by atoms with E-state index in [2.05, 4.69) is 18.3 Å². The second-order valence-corrected chi connectivity index (χ2v) is 3.75. The highest BCUT2D eigenvalue weighted by Gasteiger charge is 2.15. The quantitative estimate of drug-likeness (QED) is 0.839. The molecule has 1 N–H and O–H groups in total. The molecule has 0 radical (unpaired) electrons. The zero-order chi connectivity index (χ0) is 11.4. The summed E-state index contributed by atoms with van der Waals surface area (Å²) in [5.74, 6) is 0. The van der Waals surface area contributed by atoms with Crippen LogP contribution in [0, 0.1) is 0 Å². The summed E-state index contributed by atoms with van der Waals surface area (Å²) in [6, 6.07) is 8.26. The van der Waals surface area contributed by atoms with E-state index in [1.54, 1.807) is 7.11 Å². The fraction of sp³-hybridized carbons (Fsp3) is 0.385. The van der Waals surface area contributed by atoms with E-state index < -0.39 is 0 Å². The molecule has 1 atom stereocenters. The molecule has 0 saturated heterocycles. The maximum atomic E-state index is 5.53. The van der Waals surface area contributed by atoms with Crippen molar-refractivity contribution in [3.05, 3.63) is 36.1 Å². The fourth-order valence-electron chi connectivity index (χ4n) is 1.94. The van der Waals surface area contributed by atoms with Gasteiger partial charge in [-0.15, -0.1) is 0 Å². The van der Waals surface area contributed by atoms with Gasteiger partial charge in [-0.25, -0.2) is 0 Å². The number of likely N-dealkylation sites (N-methyl/N-ethyl adjacent to an activating group) is 1. The van der Waals surface area contributed by atoms with Crippen LogP contribution in [0.15, 0.2) is 34.9 Å². The minimum Gasteiger partial charge on any atom is -0.464 e. The Morgan fingerprint density at radius 1 is 1.38 bits per heavy atom. The molecule has 0 amide bonds. The molecule has 0 saturated carbocycles. The van der Waals surface area contributed by atoms with Crippen LogP contribution in [0.2, 0.25) is 0 Å². The molecule has 1 unspecified atom stereocenters. The Morgan fingerprint density at radius 3 is 2.94 bits per heavy atom. The second kappa shape index (κ2) is 5.14. The van der Waals surface area contributed by atoms with Gasteiger partial charge in [0, 0.05) is 18.1 Å². The summed E-state index contributed by atoms with van der Waals surface area (Å²) >= 11 is 0. The molecule has 0 aliphatic heterocycles. The first-order valence-corrected chi connectivity index (χ1v) is 5.55. The van der Waals surface area contributed by atoms with E-state index in [0.29, 0.717) is 6.61 Å². The fourth-order valence-corrected chi connectivity index (χ4v) is 1.94. The number of nitrogens with one attached hydrogen (secondary N) is 1. The summed E-state index contributed by atoms with van der Waals surface area (Å²) in [7, 11) is 1.71. The maximum Gasteiger partial charge on any atom is 0.134 e. The molecule has 0 bridgehead atoms. The van der Waals surface area contributed by atoms with Crippen LogP contribution < -0.4 is 5.32 Å². The Balaban J connectivity index is 2.36. The van der Waals surface area contributed by atoms with Gasteiger partial charge in [-0.1, -0.05) is 25.1 Å². The maximum absolute atomic E-state index is 5.53. The first-order chi connectivity index (χ1) is 7.86. The van der Waals surface area contributed by atoms with Crippen molar-refractivity contribution in [2.24, 2.45) is 0 Å². The van der Waals surface area contributed by atoms with Gasteiger partial charge in [-0.3, -0.25) is 0 Å². The summed E-state index contributed by atoms with van der Waals surface area (Å²) < 4.78 is 10.8. The first kappa shape index (κ1) is 11.2. The number of hydrogen-bond donors (Lipinski definition) is 1. The predicted molar refractivity (Wildman–Crippen MR) is 64.5 cm³/mol. The molecule has 3 heteroatoms. The monoisotopic (exact) mass is 219 g/mol. The molecule has 1 aromatic heterocycles. The van der Waals surface area contributed by atoms with Crippen molar-refractivity contribution < 1.29 is 9.15 Å². The van der Waals surface area contributed by atoms with Gasteiger partial charge in [0.15, 0.2) is 0 Å². The standard InChI is InChI=1S/C13H17NO2/c1-3-14-12(9-15-2)11-8-16-13-7-5-4-6-10(11)13/h4-8,12,14H,3,9H2,1-2H3. The molecule has 86 valence electrons. The molecule has 0 spiro atoms. The first-order valence-electron chi connectivity index (χ1n) is 5.55. The van der Waals surface area contributed by atoms with E-state index in [9.17, 15) is 0 Å². The zero-order valence-electron chi connectivity index (χ0n) is 9.69. The van der Waals surface area contributed by atoms with E-state index in [1.165, 1.54) is 5.56 Å². The molecule has 16 heavy (non-hydrogen) atoms. The number of hydrogen-bond acceptors (Lipinski definition) is 3. The normalized spacial score (nSPS) is 13.1. The molecular weight excluding hydrogens is 202 g/mol. The van der Waals surface area contributed by atoms with Crippen LogP contribution in [0.4, 0.5) is 0 Å². The Kier molecular flexibility index (Phi) is 3.59. The number of benzene rings is 1. The van der Waals surface area contributed by atoms with E-state index in [1.807, 2.05) is 24.5 Å². The Labute approximate surface area is 95.4 Å². The van der Waals surface area contributed by atoms with Crippen molar-refractivity contribution in [3.63, 3.8) is 0 Å². The topological polar surface area (TPSA) is 34.4 Å². The van der Waals surface area contributed by atoms with Crippen molar-refractivity contribution in [1.82, 2.24) is 5.32 Å². The second-order valence-electron chi connectivity index (χ2n) is 3.75. The number of ether oxygens (including phenoxy) is 1. The van der Waals surface area contributed by atoms with Gasteiger partial charge >= 0.3 is 0 Å². The van der Waals surface area contributed by atoms with Crippen molar-refractivity contribution in [1.29, 1.82) is 0 Å². The van der Waals surface area contributed by atoms with Gasteiger partial charge in [-0.05, 0) is 12.6 Å². The SMILES string of the molecule is CCNC(COC)c1coc2ccccc12. The lowest BCUT2D eigenvalue weighted by molar-refractivity contribution is 0.168. The third kappa shape index (κ3) is 2.10. The van der Waals surface area contributed by atoms with Crippen molar-refractivity contribution in [3.8, 4) is 0 Å². The Bertz CT molecular complexity index is 444. The molecule has 1 heterocycles. The van der Waals surface area contributed by atoms with E-state index >= 15 is 0 Å². The molecule has 3 nitrogen and oxygen atoms in total. The molecule has 0 aliphatic carbocycles. The summed E-state index contributed by atoms with van der Waals surface area (Å²) in [6.45, 7) is 3.65. The van der Waals surface area contributed by atoms with E-state index in [4.69, 9.17) is 9.15 Å². The lowest BCUT2D eigenvalue weighted by atomic mass is 10.1.